The van der Waals surface area contributed by atoms with Gasteiger partial charge < -0.3 is 5.32 Å². The molecule has 0 unspecified atom stereocenters. The van der Waals surface area contributed by atoms with E-state index in [0.29, 0.717) is 5.69 Å². The van der Waals surface area contributed by atoms with E-state index >= 15 is 0 Å². The van der Waals surface area contributed by atoms with Crippen molar-refractivity contribution in [1.29, 1.82) is 0 Å². The van der Waals surface area contributed by atoms with Gasteiger partial charge in [0.2, 0.25) is 5.91 Å². The molecule has 136 valence electrons. The number of carbonyl (C=O) groups is 1. The molecule has 2 aromatic heterocycles. The lowest BCUT2D eigenvalue weighted by Gasteiger charge is -2.07. The molecule has 0 spiro atoms. The molecule has 9 nitrogen and oxygen atoms in total. The van der Waals surface area contributed by atoms with Crippen LogP contribution in [0.2, 0.25) is 0 Å². The van der Waals surface area contributed by atoms with Gasteiger partial charge in [0, 0.05) is 25.2 Å². The summed E-state index contributed by atoms with van der Waals surface area (Å²) in [5, 5.41) is 20.3. The molecule has 0 radical (unpaired) electrons. The van der Waals surface area contributed by atoms with Crippen molar-refractivity contribution >= 4 is 11.6 Å². The van der Waals surface area contributed by atoms with Gasteiger partial charge in [0.15, 0.2) is 5.69 Å². The first kappa shape index (κ1) is 18.4. The number of nitro groups is 1. The Morgan fingerprint density at radius 2 is 2.12 bits per heavy atom. The van der Waals surface area contributed by atoms with Crippen molar-refractivity contribution in [2.24, 2.45) is 0 Å². The Labute approximate surface area is 139 Å². The van der Waals surface area contributed by atoms with Gasteiger partial charge in [-0.15, -0.1) is 0 Å². The third-order valence-corrected chi connectivity index (χ3v) is 3.32. The molecule has 25 heavy (non-hydrogen) atoms. The molecule has 12 heteroatoms. The summed E-state index contributed by atoms with van der Waals surface area (Å²) in [4.78, 5) is 21.7. The molecule has 0 aliphatic carbocycles. The normalized spacial score (nSPS) is 11.5. The molecule has 0 atom stereocenters. The van der Waals surface area contributed by atoms with Crippen molar-refractivity contribution in [1.82, 2.24) is 24.9 Å². The summed E-state index contributed by atoms with van der Waals surface area (Å²) in [5.41, 5.74) is -0.837. The fourth-order valence-electron chi connectivity index (χ4n) is 2.05. The first-order valence-electron chi connectivity index (χ1n) is 7.22. The lowest BCUT2D eigenvalue weighted by molar-refractivity contribution is -0.385. The standard InChI is InChI=1S/C13H15F3N6O3/c1-9-6-11(13(14,15)16)19-21(9)4-2-12(23)17-3-5-20-8-10(7-18-20)22(24)25/h6-8H,2-5H2,1H3,(H,17,23). The number of amides is 1. The van der Waals surface area contributed by atoms with Crippen LogP contribution in [-0.4, -0.2) is 36.9 Å². The Kier molecular flexibility index (Phi) is 5.39. The molecule has 0 saturated heterocycles. The minimum Gasteiger partial charge on any atom is -0.354 e. The van der Waals surface area contributed by atoms with Gasteiger partial charge in [0.1, 0.15) is 12.4 Å². The van der Waals surface area contributed by atoms with Crippen molar-refractivity contribution in [3.05, 3.63) is 40.0 Å². The minimum absolute atomic E-state index is 0.0149. The molecule has 0 aliphatic rings. The maximum Gasteiger partial charge on any atom is 0.435 e. The van der Waals surface area contributed by atoms with Crippen LogP contribution in [-0.2, 0) is 24.1 Å². The van der Waals surface area contributed by atoms with E-state index in [1.54, 1.807) is 0 Å². The highest BCUT2D eigenvalue weighted by atomic mass is 19.4. The smallest absolute Gasteiger partial charge is 0.354 e. The van der Waals surface area contributed by atoms with E-state index in [1.165, 1.54) is 17.8 Å². The number of alkyl halides is 3. The number of hydrogen-bond donors (Lipinski definition) is 1. The van der Waals surface area contributed by atoms with Crippen molar-refractivity contribution in [3.8, 4) is 0 Å². The summed E-state index contributed by atoms with van der Waals surface area (Å²) in [7, 11) is 0. The first-order valence-corrected chi connectivity index (χ1v) is 7.22. The lowest BCUT2D eigenvalue weighted by Crippen LogP contribution is -2.28. The van der Waals surface area contributed by atoms with Gasteiger partial charge in [0.25, 0.3) is 0 Å². The van der Waals surface area contributed by atoms with Crippen LogP contribution in [0, 0.1) is 17.0 Å². The second-order valence-electron chi connectivity index (χ2n) is 5.21. The third-order valence-electron chi connectivity index (χ3n) is 3.32. The summed E-state index contributed by atoms with van der Waals surface area (Å²) in [6.45, 7) is 1.91. The summed E-state index contributed by atoms with van der Waals surface area (Å²) >= 11 is 0. The van der Waals surface area contributed by atoms with E-state index in [1.807, 2.05) is 0 Å². The van der Waals surface area contributed by atoms with Crippen LogP contribution in [0.4, 0.5) is 18.9 Å². The highest BCUT2D eigenvalue weighted by Crippen LogP contribution is 2.28. The average molecular weight is 360 g/mol. The highest BCUT2D eigenvalue weighted by molar-refractivity contribution is 5.75. The summed E-state index contributed by atoms with van der Waals surface area (Å²) < 4.78 is 40.1. The second-order valence-corrected chi connectivity index (χ2v) is 5.21. The molecule has 1 N–H and O–H groups in total. The van der Waals surface area contributed by atoms with E-state index in [4.69, 9.17) is 0 Å². The Morgan fingerprint density at radius 1 is 1.40 bits per heavy atom. The van der Waals surface area contributed by atoms with E-state index in [-0.39, 0.29) is 37.6 Å². The van der Waals surface area contributed by atoms with E-state index in [0.717, 1.165) is 16.9 Å². The zero-order valence-electron chi connectivity index (χ0n) is 13.2. The van der Waals surface area contributed by atoms with Gasteiger partial charge in [-0.2, -0.15) is 23.4 Å². The largest absolute Gasteiger partial charge is 0.435 e. The molecule has 2 aromatic rings. The Bertz CT molecular complexity index is 767. The molecule has 2 rings (SSSR count). The molecular formula is C13H15F3N6O3. The van der Waals surface area contributed by atoms with Gasteiger partial charge >= 0.3 is 11.9 Å². The second kappa shape index (κ2) is 7.32. The molecule has 0 saturated carbocycles. The number of nitrogens with zero attached hydrogens (tertiary/aromatic N) is 5. The summed E-state index contributed by atoms with van der Waals surface area (Å²) in [5.74, 6) is -0.370. The number of halogens is 3. The summed E-state index contributed by atoms with van der Waals surface area (Å²) in [6, 6.07) is 0.919. The molecule has 0 fully saturated rings. The van der Waals surface area contributed by atoms with Crippen molar-refractivity contribution < 1.29 is 22.9 Å². The number of hydrogen-bond acceptors (Lipinski definition) is 5. The predicted molar refractivity (Wildman–Crippen MR) is 78.5 cm³/mol. The van der Waals surface area contributed by atoms with Crippen molar-refractivity contribution in [3.63, 3.8) is 0 Å². The van der Waals surface area contributed by atoms with Crippen LogP contribution in [0.1, 0.15) is 17.8 Å². The van der Waals surface area contributed by atoms with Crippen LogP contribution in [0.15, 0.2) is 18.5 Å². The zero-order chi connectivity index (χ0) is 18.6. The van der Waals surface area contributed by atoms with Crippen LogP contribution in [0.5, 0.6) is 0 Å². The van der Waals surface area contributed by atoms with E-state index < -0.39 is 16.8 Å². The number of nitrogens with one attached hydrogen (secondary N) is 1. The Morgan fingerprint density at radius 3 is 2.68 bits per heavy atom. The van der Waals surface area contributed by atoms with Crippen LogP contribution in [0.25, 0.3) is 0 Å². The Balaban J connectivity index is 1.77. The van der Waals surface area contributed by atoms with Gasteiger partial charge in [-0.1, -0.05) is 0 Å². The van der Waals surface area contributed by atoms with Crippen molar-refractivity contribution in [2.45, 2.75) is 32.6 Å². The van der Waals surface area contributed by atoms with E-state index in [9.17, 15) is 28.1 Å². The fraction of sp³-hybridized carbons (Fsp3) is 0.462. The first-order chi connectivity index (χ1) is 11.7. The zero-order valence-corrected chi connectivity index (χ0v) is 13.2. The topological polar surface area (TPSA) is 108 Å². The van der Waals surface area contributed by atoms with Gasteiger partial charge in [0.05, 0.1) is 11.5 Å². The van der Waals surface area contributed by atoms with Crippen LogP contribution < -0.4 is 5.32 Å². The van der Waals surface area contributed by atoms with Crippen LogP contribution >= 0.6 is 0 Å². The van der Waals surface area contributed by atoms with Gasteiger partial charge in [-0.25, -0.2) is 0 Å². The molecule has 0 aliphatic heterocycles. The van der Waals surface area contributed by atoms with Crippen LogP contribution in [0.3, 0.4) is 0 Å². The molecule has 2 heterocycles. The minimum atomic E-state index is -4.52. The number of aromatic nitrogens is 4. The summed E-state index contributed by atoms with van der Waals surface area (Å²) in [6.07, 6.45) is -2.23. The molecule has 0 aromatic carbocycles. The van der Waals surface area contributed by atoms with E-state index in [2.05, 4.69) is 15.5 Å². The number of carbonyl (C=O) groups excluding carboxylic acids is 1. The van der Waals surface area contributed by atoms with Gasteiger partial charge in [-0.3, -0.25) is 24.3 Å². The fourth-order valence-corrected chi connectivity index (χ4v) is 2.05. The lowest BCUT2D eigenvalue weighted by atomic mass is 10.3. The maximum absolute atomic E-state index is 12.6. The average Bonchev–Trinajstić information content (AvgIpc) is 3.11. The monoisotopic (exact) mass is 360 g/mol. The highest BCUT2D eigenvalue weighted by Gasteiger charge is 2.34. The molecule has 1 amide bonds. The molecular weight excluding hydrogens is 345 g/mol. The van der Waals surface area contributed by atoms with Crippen molar-refractivity contribution in [2.75, 3.05) is 6.54 Å². The predicted octanol–water partition coefficient (Wildman–Crippen LogP) is 1.52. The quantitative estimate of drug-likeness (QED) is 0.595. The maximum atomic E-state index is 12.6. The SMILES string of the molecule is Cc1cc(C(F)(F)F)nn1CCC(=O)NCCn1cc([N+](=O)[O-])cn1. The molecule has 0 bridgehead atoms. The third kappa shape index (κ3) is 5.02. The number of aryl methyl sites for hydroxylation is 2. The number of rotatable bonds is 7. The van der Waals surface area contributed by atoms with Gasteiger partial charge in [-0.05, 0) is 13.0 Å². The Hall–Kier alpha value is -2.92.